The van der Waals surface area contributed by atoms with Crippen LogP contribution in [-0.4, -0.2) is 39.8 Å². The summed E-state index contributed by atoms with van der Waals surface area (Å²) in [6.07, 6.45) is 1.13. The lowest BCUT2D eigenvalue weighted by molar-refractivity contribution is 0.479. The Morgan fingerprint density at radius 1 is 1.22 bits per heavy atom. The van der Waals surface area contributed by atoms with E-state index in [-0.39, 0.29) is 16.7 Å². The molecule has 0 amide bonds. The predicted octanol–water partition coefficient (Wildman–Crippen LogP) is -0.197. The van der Waals surface area contributed by atoms with E-state index in [0.29, 0.717) is 0 Å². The number of sulfonamides is 1. The minimum Gasteiger partial charge on any atom is -0.245 e. The van der Waals surface area contributed by atoms with E-state index in [1.54, 1.807) is 6.92 Å². The monoisotopic (exact) mass is 334 g/mol. The maximum Gasteiger partial charge on any atom is 0.353 e. The zero-order chi connectivity index (χ0) is 16.6. The van der Waals surface area contributed by atoms with Gasteiger partial charge in [0.15, 0.2) is 0 Å². The average molecular weight is 334 g/mol. The van der Waals surface area contributed by atoms with Crippen LogP contribution >= 0.6 is 0 Å². The lowest BCUT2D eigenvalue weighted by Gasteiger charge is -2.13. The summed E-state index contributed by atoms with van der Waals surface area (Å²) < 4.78 is 28.1. The topological polar surface area (TPSA) is 111 Å². The molecule has 3 rings (SSSR count). The highest BCUT2D eigenvalue weighted by molar-refractivity contribution is 7.89. The number of hydrogen-bond donors (Lipinski definition) is 1. The number of aromatic nitrogens is 5. The van der Waals surface area contributed by atoms with Crippen molar-refractivity contribution in [1.82, 2.24) is 29.1 Å². The van der Waals surface area contributed by atoms with Crippen molar-refractivity contribution >= 4 is 15.7 Å². The highest BCUT2D eigenvalue weighted by Crippen LogP contribution is 2.15. The molecule has 0 bridgehead atoms. The van der Waals surface area contributed by atoms with Crippen molar-refractivity contribution in [2.24, 2.45) is 0 Å². The summed E-state index contributed by atoms with van der Waals surface area (Å²) in [6.45, 7) is 1.80. The Kier molecular flexibility index (Phi) is 3.70. The van der Waals surface area contributed by atoms with Gasteiger partial charge in [0, 0.05) is 0 Å². The molecule has 120 valence electrons. The summed E-state index contributed by atoms with van der Waals surface area (Å²) >= 11 is 0. The van der Waals surface area contributed by atoms with Gasteiger partial charge in [0.25, 0.3) is 10.0 Å². The molecular formula is C13H14N6O3S. The second-order valence-corrected chi connectivity index (χ2v) is 6.66. The molecule has 2 aromatic heterocycles. The Labute approximate surface area is 131 Å². The molecule has 0 fully saturated rings. The summed E-state index contributed by atoms with van der Waals surface area (Å²) in [7, 11) is -2.56. The van der Waals surface area contributed by atoms with Crippen LogP contribution in [0.2, 0.25) is 0 Å². The smallest absolute Gasteiger partial charge is 0.245 e. The standard InChI is InChI=1S/C13H14N6O3S/c1-9(10-6-4-3-5-7-10)19-13(20)18-8-15-12(11(18)16-17-19)23(21,22)14-2/h3-9,14H,1-2H3/t9-/m1/s1. The zero-order valence-electron chi connectivity index (χ0n) is 12.4. The summed E-state index contributed by atoms with van der Waals surface area (Å²) in [5, 5.41) is 7.39. The van der Waals surface area contributed by atoms with Gasteiger partial charge < -0.3 is 0 Å². The summed E-state index contributed by atoms with van der Waals surface area (Å²) in [4.78, 5) is 16.3. The maximum absolute atomic E-state index is 12.5. The molecule has 0 saturated heterocycles. The first-order valence-electron chi connectivity index (χ1n) is 6.77. The van der Waals surface area contributed by atoms with Crippen LogP contribution in [-0.2, 0) is 10.0 Å². The maximum atomic E-state index is 12.5. The summed E-state index contributed by atoms with van der Waals surface area (Å²) in [5.41, 5.74) is 0.253. The molecule has 9 nitrogen and oxygen atoms in total. The van der Waals surface area contributed by atoms with Gasteiger partial charge in [-0.05, 0) is 19.5 Å². The van der Waals surface area contributed by atoms with Crippen LogP contribution < -0.4 is 10.4 Å². The Bertz CT molecular complexity index is 1010. The lowest BCUT2D eigenvalue weighted by Crippen LogP contribution is -2.32. The van der Waals surface area contributed by atoms with Crippen molar-refractivity contribution < 1.29 is 8.42 Å². The van der Waals surface area contributed by atoms with E-state index in [0.717, 1.165) is 16.3 Å². The minimum absolute atomic E-state index is 0.110. The molecule has 2 heterocycles. The van der Waals surface area contributed by atoms with Crippen LogP contribution in [0.1, 0.15) is 18.5 Å². The van der Waals surface area contributed by atoms with Gasteiger partial charge in [-0.1, -0.05) is 35.5 Å². The molecule has 1 aromatic carbocycles. The second-order valence-electron chi connectivity index (χ2n) is 4.85. The third-order valence-corrected chi connectivity index (χ3v) is 4.85. The van der Waals surface area contributed by atoms with E-state index in [1.807, 2.05) is 30.3 Å². The van der Waals surface area contributed by atoms with Gasteiger partial charge in [-0.3, -0.25) is 0 Å². The zero-order valence-corrected chi connectivity index (χ0v) is 13.2. The molecule has 3 aromatic rings. The van der Waals surface area contributed by atoms with E-state index in [9.17, 15) is 13.2 Å². The third kappa shape index (κ3) is 2.51. The van der Waals surface area contributed by atoms with E-state index < -0.39 is 15.7 Å². The van der Waals surface area contributed by atoms with E-state index >= 15 is 0 Å². The second kappa shape index (κ2) is 5.56. The Morgan fingerprint density at radius 2 is 1.91 bits per heavy atom. The fourth-order valence-corrected chi connectivity index (χ4v) is 2.96. The molecule has 0 saturated carbocycles. The van der Waals surface area contributed by atoms with E-state index in [1.165, 1.54) is 11.7 Å². The van der Waals surface area contributed by atoms with E-state index in [4.69, 9.17) is 0 Å². The van der Waals surface area contributed by atoms with Crippen LogP contribution in [0.3, 0.4) is 0 Å². The van der Waals surface area contributed by atoms with Crippen molar-refractivity contribution in [2.75, 3.05) is 7.05 Å². The van der Waals surface area contributed by atoms with Gasteiger partial charge in [-0.15, -0.1) is 5.10 Å². The molecule has 10 heteroatoms. The molecule has 0 aliphatic carbocycles. The fraction of sp³-hybridized carbons (Fsp3) is 0.231. The lowest BCUT2D eigenvalue weighted by atomic mass is 10.1. The van der Waals surface area contributed by atoms with Crippen LogP contribution in [0.4, 0.5) is 0 Å². The first kappa shape index (κ1) is 15.3. The van der Waals surface area contributed by atoms with Crippen molar-refractivity contribution in [1.29, 1.82) is 0 Å². The van der Waals surface area contributed by atoms with Crippen LogP contribution in [0.15, 0.2) is 46.5 Å². The average Bonchev–Trinajstić information content (AvgIpc) is 3.01. The SMILES string of the molecule is CNS(=O)(=O)c1ncn2c(=O)n([C@H](C)c3ccccc3)nnc12. The number of imidazole rings is 1. The minimum atomic E-state index is -3.82. The number of rotatable bonds is 4. The Morgan fingerprint density at radius 3 is 2.57 bits per heavy atom. The predicted molar refractivity (Wildman–Crippen MR) is 81.5 cm³/mol. The molecule has 0 unspecified atom stereocenters. The van der Waals surface area contributed by atoms with Gasteiger partial charge in [-0.2, -0.15) is 4.68 Å². The first-order chi connectivity index (χ1) is 11.0. The third-order valence-electron chi connectivity index (χ3n) is 3.52. The Balaban J connectivity index is 2.17. The van der Waals surface area contributed by atoms with Gasteiger partial charge in [0.2, 0.25) is 10.7 Å². The van der Waals surface area contributed by atoms with Gasteiger partial charge in [0.1, 0.15) is 6.33 Å². The molecule has 23 heavy (non-hydrogen) atoms. The number of nitrogens with one attached hydrogen (secondary N) is 1. The first-order valence-corrected chi connectivity index (χ1v) is 8.25. The van der Waals surface area contributed by atoms with E-state index in [2.05, 4.69) is 20.0 Å². The number of fused-ring (bicyclic) bond motifs is 1. The molecule has 0 radical (unpaired) electrons. The molecule has 1 atom stereocenters. The van der Waals surface area contributed by atoms with Crippen molar-refractivity contribution in [2.45, 2.75) is 18.0 Å². The van der Waals surface area contributed by atoms with Crippen molar-refractivity contribution in [3.05, 3.63) is 52.7 Å². The van der Waals surface area contributed by atoms with Crippen LogP contribution in [0.25, 0.3) is 5.65 Å². The molecule has 0 spiro atoms. The largest absolute Gasteiger partial charge is 0.353 e. The molecule has 1 N–H and O–H groups in total. The molecular weight excluding hydrogens is 320 g/mol. The summed E-state index contributed by atoms with van der Waals surface area (Å²) in [6, 6.07) is 8.97. The van der Waals surface area contributed by atoms with Crippen molar-refractivity contribution in [3.8, 4) is 0 Å². The Hall–Kier alpha value is -2.59. The van der Waals surface area contributed by atoms with Crippen LogP contribution in [0.5, 0.6) is 0 Å². The number of nitrogens with zero attached hydrogens (tertiary/aromatic N) is 5. The number of benzene rings is 1. The van der Waals surface area contributed by atoms with Crippen LogP contribution in [0, 0.1) is 0 Å². The molecule has 0 aliphatic heterocycles. The highest BCUT2D eigenvalue weighted by atomic mass is 32.2. The van der Waals surface area contributed by atoms with Gasteiger partial charge in [0.05, 0.1) is 6.04 Å². The molecule has 0 aliphatic rings. The summed E-state index contributed by atoms with van der Waals surface area (Å²) in [5.74, 6) is 0. The quantitative estimate of drug-likeness (QED) is 0.707. The number of hydrogen-bond acceptors (Lipinski definition) is 6. The normalized spacial score (nSPS) is 13.3. The van der Waals surface area contributed by atoms with Gasteiger partial charge >= 0.3 is 5.69 Å². The van der Waals surface area contributed by atoms with Crippen molar-refractivity contribution in [3.63, 3.8) is 0 Å². The fourth-order valence-electron chi connectivity index (χ4n) is 2.20. The highest BCUT2D eigenvalue weighted by Gasteiger charge is 2.23. The van der Waals surface area contributed by atoms with Gasteiger partial charge in [-0.25, -0.2) is 27.3 Å².